The van der Waals surface area contributed by atoms with Gasteiger partial charge < -0.3 is 16.6 Å². The Hall–Kier alpha value is -0.870. The topological polar surface area (TPSA) is 96.1 Å². The van der Waals surface area contributed by atoms with Crippen molar-refractivity contribution in [2.45, 2.75) is 19.1 Å². The second kappa shape index (κ2) is 4.03. The average Bonchev–Trinajstić information content (AvgIpc) is 1.87. The molecular weight excluding hydrogens is 130 g/mol. The van der Waals surface area contributed by atoms with E-state index in [4.69, 9.17) is 22.0 Å². The summed E-state index contributed by atoms with van der Waals surface area (Å²) in [6, 6.07) is -0.781. The molecule has 0 heterocycles. The summed E-state index contributed by atoms with van der Waals surface area (Å²) in [6.45, 7) is 1.76. The maximum Gasteiger partial charge on any atom is 0.111 e. The number of aliphatic hydroxyl groups is 1. The van der Waals surface area contributed by atoms with Crippen molar-refractivity contribution < 1.29 is 5.11 Å². The van der Waals surface area contributed by atoms with Gasteiger partial charge in [-0.25, -0.2) is 0 Å². The molecule has 0 aromatic carbocycles. The number of allylic oxidation sites excluding steroid dienone is 1. The lowest BCUT2D eigenvalue weighted by molar-refractivity contribution is 0.213. The van der Waals surface area contributed by atoms with Crippen molar-refractivity contribution in [3.05, 3.63) is 12.2 Å². The SMILES string of the molecule is CC=CC(O)C(N)C(=N)N. The first kappa shape index (κ1) is 9.13. The van der Waals surface area contributed by atoms with Gasteiger partial charge in [-0.15, -0.1) is 0 Å². The zero-order valence-corrected chi connectivity index (χ0v) is 5.91. The normalized spacial score (nSPS) is 17.1. The fourth-order valence-electron chi connectivity index (χ4n) is 0.501. The summed E-state index contributed by atoms with van der Waals surface area (Å²) in [6.07, 6.45) is 2.31. The molecule has 4 nitrogen and oxygen atoms in total. The number of hydrogen-bond donors (Lipinski definition) is 4. The molecule has 6 N–H and O–H groups in total. The Morgan fingerprint density at radius 2 is 2.20 bits per heavy atom. The largest absolute Gasteiger partial charge is 0.387 e. The molecule has 10 heavy (non-hydrogen) atoms. The maximum atomic E-state index is 9.06. The fourth-order valence-corrected chi connectivity index (χ4v) is 0.501. The fraction of sp³-hybridized carbons (Fsp3) is 0.500. The Morgan fingerprint density at radius 1 is 1.70 bits per heavy atom. The zero-order chi connectivity index (χ0) is 8.15. The molecule has 0 amide bonds. The van der Waals surface area contributed by atoms with Gasteiger partial charge in [0.05, 0.1) is 12.1 Å². The van der Waals surface area contributed by atoms with E-state index >= 15 is 0 Å². The van der Waals surface area contributed by atoms with Gasteiger partial charge in [0.15, 0.2) is 0 Å². The number of amidine groups is 1. The van der Waals surface area contributed by atoms with Crippen LogP contribution in [0.5, 0.6) is 0 Å². The second-order valence-corrected chi connectivity index (χ2v) is 2.00. The van der Waals surface area contributed by atoms with E-state index in [0.717, 1.165) is 0 Å². The maximum absolute atomic E-state index is 9.06. The summed E-state index contributed by atoms with van der Waals surface area (Å²) in [7, 11) is 0. The van der Waals surface area contributed by atoms with Gasteiger partial charge in [0.25, 0.3) is 0 Å². The molecule has 2 atom stereocenters. The van der Waals surface area contributed by atoms with Crippen LogP contribution in [-0.2, 0) is 0 Å². The van der Waals surface area contributed by atoms with Gasteiger partial charge in [0, 0.05) is 0 Å². The first-order valence-corrected chi connectivity index (χ1v) is 3.00. The van der Waals surface area contributed by atoms with Crippen LogP contribution < -0.4 is 11.5 Å². The van der Waals surface area contributed by atoms with E-state index in [2.05, 4.69) is 0 Å². The highest BCUT2D eigenvalue weighted by atomic mass is 16.3. The van der Waals surface area contributed by atoms with Gasteiger partial charge in [0.2, 0.25) is 0 Å². The standard InChI is InChI=1S/C6H13N3O/c1-2-3-4(10)5(7)6(8)9/h2-5,10H,7H2,1H3,(H3,8,9). The average molecular weight is 143 g/mol. The molecule has 0 bridgehead atoms. The summed E-state index contributed by atoms with van der Waals surface area (Å²) in [5, 5.41) is 15.9. The molecular formula is C6H13N3O. The van der Waals surface area contributed by atoms with Crippen molar-refractivity contribution in [3.63, 3.8) is 0 Å². The van der Waals surface area contributed by atoms with Crippen LogP contribution in [-0.4, -0.2) is 23.1 Å². The van der Waals surface area contributed by atoms with Gasteiger partial charge in [-0.3, -0.25) is 5.41 Å². The van der Waals surface area contributed by atoms with E-state index in [-0.39, 0.29) is 5.84 Å². The Balaban J connectivity index is 3.93. The van der Waals surface area contributed by atoms with Crippen molar-refractivity contribution in [1.82, 2.24) is 0 Å². The van der Waals surface area contributed by atoms with Crippen LogP contribution in [0, 0.1) is 5.41 Å². The van der Waals surface area contributed by atoms with Gasteiger partial charge in [0.1, 0.15) is 5.84 Å². The number of aliphatic hydroxyl groups excluding tert-OH is 1. The highest BCUT2D eigenvalue weighted by Crippen LogP contribution is 1.90. The quantitative estimate of drug-likeness (QED) is 0.236. The molecule has 0 aliphatic heterocycles. The summed E-state index contributed by atoms with van der Waals surface area (Å²) in [5.74, 6) is -0.203. The minimum atomic E-state index is -0.845. The van der Waals surface area contributed by atoms with Crippen LogP contribution in [0.4, 0.5) is 0 Å². The minimum Gasteiger partial charge on any atom is -0.387 e. The molecule has 0 saturated carbocycles. The number of nitrogens with one attached hydrogen (secondary N) is 1. The molecule has 0 spiro atoms. The highest BCUT2D eigenvalue weighted by Gasteiger charge is 2.13. The number of hydrogen-bond acceptors (Lipinski definition) is 3. The molecule has 2 unspecified atom stereocenters. The zero-order valence-electron chi connectivity index (χ0n) is 5.91. The minimum absolute atomic E-state index is 0.203. The Morgan fingerprint density at radius 3 is 2.50 bits per heavy atom. The Bertz CT molecular complexity index is 144. The van der Waals surface area contributed by atoms with Crippen LogP contribution >= 0.6 is 0 Å². The lowest BCUT2D eigenvalue weighted by atomic mass is 10.1. The van der Waals surface area contributed by atoms with Crippen LogP contribution in [0.15, 0.2) is 12.2 Å². The van der Waals surface area contributed by atoms with Gasteiger partial charge in [-0.2, -0.15) is 0 Å². The molecule has 0 rings (SSSR count). The van der Waals surface area contributed by atoms with E-state index in [9.17, 15) is 0 Å². The summed E-state index contributed by atoms with van der Waals surface area (Å²) in [5.41, 5.74) is 10.3. The molecule has 4 heteroatoms. The molecule has 0 aliphatic rings. The molecule has 0 fully saturated rings. The lowest BCUT2D eigenvalue weighted by Crippen LogP contribution is -2.44. The van der Waals surface area contributed by atoms with Gasteiger partial charge in [-0.05, 0) is 6.92 Å². The Kier molecular flexibility index (Phi) is 3.68. The van der Waals surface area contributed by atoms with Crippen molar-refractivity contribution in [2.24, 2.45) is 11.5 Å². The van der Waals surface area contributed by atoms with Crippen molar-refractivity contribution in [2.75, 3.05) is 0 Å². The molecule has 0 aromatic rings. The van der Waals surface area contributed by atoms with E-state index in [1.165, 1.54) is 6.08 Å². The van der Waals surface area contributed by atoms with E-state index in [1.807, 2.05) is 0 Å². The first-order valence-electron chi connectivity index (χ1n) is 3.00. The van der Waals surface area contributed by atoms with Crippen molar-refractivity contribution >= 4 is 5.84 Å². The predicted octanol–water partition coefficient (Wildman–Crippen LogP) is -0.813. The van der Waals surface area contributed by atoms with E-state index in [1.54, 1.807) is 13.0 Å². The lowest BCUT2D eigenvalue weighted by Gasteiger charge is -2.12. The van der Waals surface area contributed by atoms with Gasteiger partial charge >= 0.3 is 0 Å². The summed E-state index contributed by atoms with van der Waals surface area (Å²) in [4.78, 5) is 0. The van der Waals surface area contributed by atoms with Crippen molar-refractivity contribution in [3.8, 4) is 0 Å². The van der Waals surface area contributed by atoms with Crippen LogP contribution in [0.25, 0.3) is 0 Å². The Labute approximate surface area is 60.0 Å². The summed E-state index contributed by atoms with van der Waals surface area (Å²) >= 11 is 0. The van der Waals surface area contributed by atoms with Crippen LogP contribution in [0.3, 0.4) is 0 Å². The van der Waals surface area contributed by atoms with Crippen molar-refractivity contribution in [1.29, 1.82) is 5.41 Å². The smallest absolute Gasteiger partial charge is 0.111 e. The summed E-state index contributed by atoms with van der Waals surface area (Å²) < 4.78 is 0. The number of nitrogens with two attached hydrogens (primary N) is 2. The van der Waals surface area contributed by atoms with Gasteiger partial charge in [-0.1, -0.05) is 12.2 Å². The molecule has 0 aromatic heterocycles. The first-order chi connectivity index (χ1) is 4.59. The number of rotatable bonds is 3. The van der Waals surface area contributed by atoms with Crippen LogP contribution in [0.2, 0.25) is 0 Å². The third-order valence-electron chi connectivity index (χ3n) is 1.12. The third kappa shape index (κ3) is 2.61. The molecule has 0 radical (unpaired) electrons. The molecule has 0 saturated heterocycles. The molecule has 58 valence electrons. The predicted molar refractivity (Wildman–Crippen MR) is 40.7 cm³/mol. The third-order valence-corrected chi connectivity index (χ3v) is 1.12. The highest BCUT2D eigenvalue weighted by molar-refractivity contribution is 5.83. The monoisotopic (exact) mass is 143 g/mol. The second-order valence-electron chi connectivity index (χ2n) is 2.00. The molecule has 0 aliphatic carbocycles. The van der Waals surface area contributed by atoms with E-state index < -0.39 is 12.1 Å². The van der Waals surface area contributed by atoms with E-state index in [0.29, 0.717) is 0 Å². The van der Waals surface area contributed by atoms with Crippen LogP contribution in [0.1, 0.15) is 6.92 Å².